The van der Waals surface area contributed by atoms with Crippen molar-refractivity contribution >= 4 is 38.8 Å². The maximum absolute atomic E-state index is 11.1. The topological polar surface area (TPSA) is 30.2 Å². The van der Waals surface area contributed by atoms with Crippen molar-refractivity contribution in [2.24, 2.45) is 0 Å². The molecule has 1 aromatic heterocycles. The third kappa shape index (κ3) is 1.56. The molecular formula is C14H11BrNO2+. The first-order chi connectivity index (χ1) is 8.74. The molecule has 0 saturated heterocycles. The number of aryl methyl sites for hydroxylation is 1. The Bertz CT molecular complexity index is 692. The van der Waals surface area contributed by atoms with Crippen molar-refractivity contribution in [1.82, 2.24) is 0 Å². The molecule has 0 spiro atoms. The fraction of sp³-hybridized carbons (Fsp3) is 0.143. The Morgan fingerprint density at radius 3 is 2.94 bits per heavy atom. The lowest BCUT2D eigenvalue weighted by Crippen LogP contribution is -2.30. The number of benzene rings is 1. The van der Waals surface area contributed by atoms with E-state index in [4.69, 9.17) is 4.74 Å². The maximum Gasteiger partial charge on any atom is 0.385 e. The Hall–Kier alpha value is -1.68. The summed E-state index contributed by atoms with van der Waals surface area (Å²) in [7, 11) is 0. The van der Waals surface area contributed by atoms with E-state index >= 15 is 0 Å². The van der Waals surface area contributed by atoms with E-state index in [1.54, 1.807) is 0 Å². The maximum atomic E-state index is 11.1. The summed E-state index contributed by atoms with van der Waals surface area (Å²) in [5.41, 5.74) is 3.80. The van der Waals surface area contributed by atoms with Crippen LogP contribution in [0.3, 0.4) is 0 Å². The van der Waals surface area contributed by atoms with Gasteiger partial charge in [0.15, 0.2) is 12.9 Å². The van der Waals surface area contributed by atoms with Crippen LogP contribution < -0.4 is 9.30 Å². The van der Waals surface area contributed by atoms with Crippen LogP contribution in [0.25, 0.3) is 16.6 Å². The summed E-state index contributed by atoms with van der Waals surface area (Å²) in [5.74, 6) is 0.619. The van der Waals surface area contributed by atoms with E-state index in [2.05, 4.69) is 22.0 Å². The first kappa shape index (κ1) is 11.4. The molecule has 2 heterocycles. The van der Waals surface area contributed by atoms with Crippen molar-refractivity contribution in [2.45, 2.75) is 6.92 Å². The van der Waals surface area contributed by atoms with Gasteiger partial charge in [-0.3, -0.25) is 4.79 Å². The number of aldehydes is 1. The highest BCUT2D eigenvalue weighted by Gasteiger charge is 2.33. The van der Waals surface area contributed by atoms with Crippen LogP contribution >= 0.6 is 15.9 Å². The van der Waals surface area contributed by atoms with Crippen LogP contribution in [0, 0.1) is 6.92 Å². The summed E-state index contributed by atoms with van der Waals surface area (Å²) in [4.78, 5) is 13.0. The highest BCUT2D eigenvalue weighted by molar-refractivity contribution is 9.11. The number of ether oxygens (including phenoxy) is 1. The van der Waals surface area contributed by atoms with E-state index in [0.717, 1.165) is 22.9 Å². The largest absolute Gasteiger partial charge is 0.432 e. The second-order valence-corrected chi connectivity index (χ2v) is 4.77. The summed E-state index contributed by atoms with van der Waals surface area (Å²) in [5, 5.41) is 1.03. The third-order valence-electron chi connectivity index (χ3n) is 3.08. The van der Waals surface area contributed by atoms with Crippen LogP contribution in [-0.4, -0.2) is 12.9 Å². The molecule has 0 atom stereocenters. The average Bonchev–Trinajstić information content (AvgIpc) is 2.82. The van der Waals surface area contributed by atoms with Gasteiger partial charge < -0.3 is 4.74 Å². The monoisotopic (exact) mass is 304 g/mol. The lowest BCUT2D eigenvalue weighted by atomic mass is 10.1. The SMILES string of the molecule is Cc1ccc2cc(C=O)c3[n+](c2c1)C(=CBr)CO3. The van der Waals surface area contributed by atoms with E-state index in [9.17, 15) is 4.79 Å². The van der Waals surface area contributed by atoms with Gasteiger partial charge in [0.2, 0.25) is 11.2 Å². The third-order valence-corrected chi connectivity index (χ3v) is 3.61. The molecule has 1 aliphatic rings. The number of hydrogen-bond donors (Lipinski definition) is 0. The van der Waals surface area contributed by atoms with E-state index in [1.807, 2.05) is 34.7 Å². The molecule has 0 amide bonds. The Balaban J connectivity index is 2.47. The summed E-state index contributed by atoms with van der Waals surface area (Å²) >= 11 is 3.35. The molecule has 0 saturated carbocycles. The second-order valence-electron chi connectivity index (χ2n) is 4.31. The van der Waals surface area contributed by atoms with Gasteiger partial charge in [0.05, 0.1) is 4.99 Å². The van der Waals surface area contributed by atoms with Crippen LogP contribution in [0.2, 0.25) is 0 Å². The molecular weight excluding hydrogens is 294 g/mol. The standard InChI is InChI=1S/C14H11BrNO2/c1-9-2-3-10-5-11(7-17)14-16(13(10)4-9)12(6-15)8-18-14/h2-7H,8H2,1H3/q+1. The number of rotatable bonds is 1. The van der Waals surface area contributed by atoms with Crippen molar-refractivity contribution in [3.63, 3.8) is 0 Å². The smallest absolute Gasteiger partial charge is 0.385 e. The number of nitrogens with zero attached hydrogens (tertiary/aromatic N) is 1. The first-order valence-corrected chi connectivity index (χ1v) is 6.53. The summed E-state index contributed by atoms with van der Waals surface area (Å²) < 4.78 is 7.59. The zero-order valence-electron chi connectivity index (χ0n) is 9.81. The highest BCUT2D eigenvalue weighted by atomic mass is 79.9. The number of carbonyl (C=O) groups is 1. The van der Waals surface area contributed by atoms with Gasteiger partial charge in [-0.2, -0.15) is 0 Å². The van der Waals surface area contributed by atoms with Crippen LogP contribution in [0.4, 0.5) is 0 Å². The first-order valence-electron chi connectivity index (χ1n) is 5.61. The molecule has 2 aromatic rings. The zero-order chi connectivity index (χ0) is 12.7. The molecule has 0 radical (unpaired) electrons. The Morgan fingerprint density at radius 2 is 2.22 bits per heavy atom. The summed E-state index contributed by atoms with van der Waals surface area (Å²) in [6.45, 7) is 2.52. The minimum Gasteiger partial charge on any atom is -0.432 e. The molecule has 0 aliphatic carbocycles. The van der Waals surface area contributed by atoms with Gasteiger partial charge in [-0.05, 0) is 24.6 Å². The summed E-state index contributed by atoms with van der Waals surface area (Å²) in [6, 6.07) is 8.02. The van der Waals surface area contributed by atoms with Crippen molar-refractivity contribution in [2.75, 3.05) is 6.61 Å². The molecule has 4 heteroatoms. The number of carbonyl (C=O) groups excluding carboxylic acids is 1. The molecule has 3 rings (SSSR count). The van der Waals surface area contributed by atoms with Gasteiger partial charge in [0, 0.05) is 11.5 Å². The van der Waals surface area contributed by atoms with Gasteiger partial charge in [-0.1, -0.05) is 22.0 Å². The lowest BCUT2D eigenvalue weighted by Gasteiger charge is -2.01. The number of halogens is 1. The van der Waals surface area contributed by atoms with Gasteiger partial charge in [0.25, 0.3) is 0 Å². The van der Waals surface area contributed by atoms with Crippen molar-refractivity contribution < 1.29 is 14.1 Å². The molecule has 0 fully saturated rings. The molecule has 1 aromatic carbocycles. The van der Waals surface area contributed by atoms with Gasteiger partial charge >= 0.3 is 5.88 Å². The minimum absolute atomic E-state index is 0.471. The molecule has 0 N–H and O–H groups in total. The number of hydrogen-bond acceptors (Lipinski definition) is 2. The molecule has 0 unspecified atom stereocenters. The molecule has 90 valence electrons. The fourth-order valence-electron chi connectivity index (χ4n) is 2.24. The van der Waals surface area contributed by atoms with Crippen LogP contribution in [0.15, 0.2) is 29.3 Å². The number of aromatic nitrogens is 1. The van der Waals surface area contributed by atoms with E-state index < -0.39 is 0 Å². The predicted molar refractivity (Wildman–Crippen MR) is 73.0 cm³/mol. The van der Waals surface area contributed by atoms with Gasteiger partial charge in [-0.15, -0.1) is 4.57 Å². The van der Waals surface area contributed by atoms with E-state index in [0.29, 0.717) is 18.1 Å². The van der Waals surface area contributed by atoms with E-state index in [1.165, 1.54) is 5.56 Å². The van der Waals surface area contributed by atoms with Crippen LogP contribution in [0.1, 0.15) is 15.9 Å². The van der Waals surface area contributed by atoms with Crippen LogP contribution in [-0.2, 0) is 0 Å². The normalized spacial score (nSPS) is 15.8. The molecule has 3 nitrogen and oxygen atoms in total. The molecule has 1 aliphatic heterocycles. The average molecular weight is 305 g/mol. The second kappa shape index (κ2) is 4.21. The zero-order valence-corrected chi connectivity index (χ0v) is 11.4. The molecule has 18 heavy (non-hydrogen) atoms. The quantitative estimate of drug-likeness (QED) is 0.599. The number of pyridine rings is 1. The van der Waals surface area contributed by atoms with Gasteiger partial charge in [0.1, 0.15) is 5.56 Å². The molecule has 0 bridgehead atoms. The van der Waals surface area contributed by atoms with Crippen LogP contribution in [0.5, 0.6) is 5.88 Å². The Labute approximate surface area is 113 Å². The fourth-order valence-corrected chi connectivity index (χ4v) is 2.58. The Kier molecular flexibility index (Phi) is 2.67. The highest BCUT2D eigenvalue weighted by Crippen LogP contribution is 2.26. The van der Waals surface area contributed by atoms with Gasteiger partial charge in [-0.25, -0.2) is 0 Å². The lowest BCUT2D eigenvalue weighted by molar-refractivity contribution is -0.544. The Morgan fingerprint density at radius 1 is 1.39 bits per heavy atom. The summed E-state index contributed by atoms with van der Waals surface area (Å²) in [6.07, 6.45) is 0.836. The van der Waals surface area contributed by atoms with Crippen molar-refractivity contribution in [3.8, 4) is 5.88 Å². The minimum atomic E-state index is 0.471. The van der Waals surface area contributed by atoms with Crippen molar-refractivity contribution in [3.05, 3.63) is 40.4 Å². The van der Waals surface area contributed by atoms with Crippen molar-refractivity contribution in [1.29, 1.82) is 0 Å². The predicted octanol–water partition coefficient (Wildman–Crippen LogP) is 2.83. The number of fused-ring (bicyclic) bond motifs is 3. The van der Waals surface area contributed by atoms with E-state index in [-0.39, 0.29) is 0 Å².